The second-order valence-corrected chi connectivity index (χ2v) is 3.55. The van der Waals surface area contributed by atoms with Gasteiger partial charge in [-0.05, 0) is 12.8 Å². The Kier molecular flexibility index (Phi) is 37.5. The normalized spacial score (nSPS) is 8.06. The van der Waals surface area contributed by atoms with E-state index < -0.39 is 0 Å². The smallest absolute Gasteiger partial charge is 0.106 e. The highest BCUT2D eigenvalue weighted by Crippen LogP contribution is 2.09. The van der Waals surface area contributed by atoms with Gasteiger partial charge in [0.1, 0.15) is 6.79 Å². The fourth-order valence-electron chi connectivity index (χ4n) is 1.42. The van der Waals surface area contributed by atoms with Crippen molar-refractivity contribution in [1.29, 1.82) is 0 Å². The van der Waals surface area contributed by atoms with Crippen LogP contribution in [0.25, 0.3) is 0 Å². The fourth-order valence-corrected chi connectivity index (χ4v) is 1.42. The molecule has 0 aromatic rings. The molecule has 0 amide bonds. The standard InChI is InChI=1S/C12H24.C2H4.CH2O/c1-3-5-7-9-11-12-10-8-6-4-2;2*1-2/h3H,1,4-12H2,2H3;1-2H2;1H2. The van der Waals surface area contributed by atoms with Gasteiger partial charge in [0.05, 0.1) is 0 Å². The van der Waals surface area contributed by atoms with E-state index in [0.29, 0.717) is 0 Å². The molecule has 1 heteroatoms. The fraction of sp³-hybridized carbons (Fsp3) is 0.667. The molecule has 0 atom stereocenters. The molecule has 0 bridgehead atoms. The minimum atomic E-state index is 1.20. The van der Waals surface area contributed by atoms with Gasteiger partial charge in [0.2, 0.25) is 0 Å². The molecule has 0 aliphatic heterocycles. The Hall–Kier alpha value is -0.850. The molecular formula is C15H30O. The van der Waals surface area contributed by atoms with Crippen LogP contribution in [0, 0.1) is 0 Å². The summed E-state index contributed by atoms with van der Waals surface area (Å²) in [5.74, 6) is 0. The van der Waals surface area contributed by atoms with Gasteiger partial charge in [0.25, 0.3) is 0 Å². The highest BCUT2D eigenvalue weighted by Gasteiger charge is 1.89. The van der Waals surface area contributed by atoms with Crippen molar-refractivity contribution < 1.29 is 4.79 Å². The molecule has 96 valence electrons. The van der Waals surface area contributed by atoms with Gasteiger partial charge in [-0.15, -0.1) is 19.7 Å². The largest absolute Gasteiger partial charge is 0.307 e. The maximum atomic E-state index is 8.00. The average molecular weight is 226 g/mol. The second kappa shape index (κ2) is 29.2. The molecule has 16 heavy (non-hydrogen) atoms. The minimum Gasteiger partial charge on any atom is -0.307 e. The molecule has 0 rings (SSSR count). The van der Waals surface area contributed by atoms with Crippen LogP contribution in [0.5, 0.6) is 0 Å². The average Bonchev–Trinajstić information content (AvgIpc) is 2.38. The van der Waals surface area contributed by atoms with E-state index in [1.54, 1.807) is 0 Å². The van der Waals surface area contributed by atoms with Crippen molar-refractivity contribution >= 4 is 6.79 Å². The summed E-state index contributed by atoms with van der Waals surface area (Å²) in [6, 6.07) is 0. The highest BCUT2D eigenvalue weighted by atomic mass is 16.1. The van der Waals surface area contributed by atoms with E-state index in [4.69, 9.17) is 4.79 Å². The van der Waals surface area contributed by atoms with Gasteiger partial charge < -0.3 is 4.79 Å². The lowest BCUT2D eigenvalue weighted by molar-refractivity contribution is -0.0979. The molecule has 0 heterocycles. The zero-order valence-electron chi connectivity index (χ0n) is 11.2. The first-order valence-electron chi connectivity index (χ1n) is 6.31. The van der Waals surface area contributed by atoms with E-state index in [9.17, 15) is 0 Å². The summed E-state index contributed by atoms with van der Waals surface area (Å²) < 4.78 is 0. The van der Waals surface area contributed by atoms with Crippen molar-refractivity contribution in [2.24, 2.45) is 0 Å². The molecule has 0 aliphatic carbocycles. The topological polar surface area (TPSA) is 17.1 Å². The van der Waals surface area contributed by atoms with Gasteiger partial charge in [0.15, 0.2) is 0 Å². The number of hydrogen-bond donors (Lipinski definition) is 0. The summed E-state index contributed by atoms with van der Waals surface area (Å²) in [6.45, 7) is 14.0. The quantitative estimate of drug-likeness (QED) is 0.384. The number of allylic oxidation sites excluding steroid dienone is 1. The van der Waals surface area contributed by atoms with Crippen molar-refractivity contribution in [3.8, 4) is 0 Å². The lowest BCUT2D eigenvalue weighted by Gasteiger charge is -1.99. The van der Waals surface area contributed by atoms with Gasteiger partial charge in [0, 0.05) is 0 Å². The van der Waals surface area contributed by atoms with Gasteiger partial charge >= 0.3 is 0 Å². The first-order valence-corrected chi connectivity index (χ1v) is 6.31. The lowest BCUT2D eigenvalue weighted by Crippen LogP contribution is -1.79. The zero-order chi connectivity index (χ0) is 13.1. The van der Waals surface area contributed by atoms with E-state index in [1.807, 2.05) is 12.9 Å². The Morgan fingerprint density at radius 1 is 0.812 bits per heavy atom. The molecule has 0 fully saturated rings. The first-order chi connectivity index (χ1) is 7.91. The van der Waals surface area contributed by atoms with E-state index in [-0.39, 0.29) is 0 Å². The van der Waals surface area contributed by atoms with E-state index in [0.717, 1.165) is 0 Å². The van der Waals surface area contributed by atoms with Crippen LogP contribution in [0.2, 0.25) is 0 Å². The van der Waals surface area contributed by atoms with Crippen LogP contribution in [0.4, 0.5) is 0 Å². The van der Waals surface area contributed by atoms with Crippen molar-refractivity contribution in [1.82, 2.24) is 0 Å². The number of carbonyl (C=O) groups excluding carboxylic acids is 1. The number of rotatable bonds is 9. The lowest BCUT2D eigenvalue weighted by atomic mass is 10.1. The summed E-state index contributed by atoms with van der Waals surface area (Å²) in [7, 11) is 0. The van der Waals surface area contributed by atoms with Crippen LogP contribution in [0.3, 0.4) is 0 Å². The summed E-state index contributed by atoms with van der Waals surface area (Å²) in [5, 5.41) is 0. The van der Waals surface area contributed by atoms with E-state index in [1.165, 1.54) is 57.8 Å². The molecule has 0 aromatic heterocycles. The molecule has 0 saturated carbocycles. The number of carbonyl (C=O) groups is 1. The van der Waals surface area contributed by atoms with Crippen LogP contribution in [-0.4, -0.2) is 6.79 Å². The Labute approximate surface area is 103 Å². The Bertz CT molecular complexity index is 108. The van der Waals surface area contributed by atoms with Crippen molar-refractivity contribution in [2.45, 2.75) is 64.7 Å². The molecule has 0 aliphatic rings. The van der Waals surface area contributed by atoms with Crippen molar-refractivity contribution in [3.63, 3.8) is 0 Å². The monoisotopic (exact) mass is 226 g/mol. The molecule has 0 radical (unpaired) electrons. The van der Waals surface area contributed by atoms with Gasteiger partial charge in [-0.3, -0.25) is 0 Å². The SMILES string of the molecule is C=C.C=CCCCCCCCCCC.C=O. The van der Waals surface area contributed by atoms with Gasteiger partial charge in [-0.1, -0.05) is 57.9 Å². The third-order valence-electron chi connectivity index (χ3n) is 2.26. The van der Waals surface area contributed by atoms with Crippen LogP contribution in [-0.2, 0) is 4.79 Å². The number of unbranched alkanes of at least 4 members (excludes halogenated alkanes) is 8. The predicted octanol–water partition coefficient (Wildman–Crippen LogP) is 5.32. The third-order valence-corrected chi connectivity index (χ3v) is 2.26. The van der Waals surface area contributed by atoms with Crippen molar-refractivity contribution in [3.05, 3.63) is 25.8 Å². The van der Waals surface area contributed by atoms with E-state index in [2.05, 4.69) is 26.7 Å². The van der Waals surface area contributed by atoms with Crippen LogP contribution < -0.4 is 0 Å². The van der Waals surface area contributed by atoms with Crippen LogP contribution in [0.15, 0.2) is 25.8 Å². The maximum Gasteiger partial charge on any atom is 0.106 e. The Morgan fingerprint density at radius 2 is 1.19 bits per heavy atom. The molecule has 0 unspecified atom stereocenters. The highest BCUT2D eigenvalue weighted by molar-refractivity contribution is 5.10. The number of hydrogen-bond acceptors (Lipinski definition) is 1. The molecule has 0 spiro atoms. The summed E-state index contributed by atoms with van der Waals surface area (Å²) in [6.07, 6.45) is 14.5. The van der Waals surface area contributed by atoms with Gasteiger partial charge in [-0.25, -0.2) is 0 Å². The van der Waals surface area contributed by atoms with Gasteiger partial charge in [-0.2, -0.15) is 0 Å². The molecular weight excluding hydrogens is 196 g/mol. The second-order valence-electron chi connectivity index (χ2n) is 3.55. The summed E-state index contributed by atoms with van der Waals surface area (Å²) >= 11 is 0. The maximum absolute atomic E-state index is 8.00. The van der Waals surface area contributed by atoms with E-state index >= 15 is 0 Å². The summed E-state index contributed by atoms with van der Waals surface area (Å²) in [4.78, 5) is 8.00. The zero-order valence-corrected chi connectivity index (χ0v) is 11.2. The Balaban J connectivity index is -0.000000376. The first kappa shape index (κ1) is 20.5. The molecule has 0 aromatic carbocycles. The van der Waals surface area contributed by atoms with Crippen molar-refractivity contribution in [2.75, 3.05) is 0 Å². The van der Waals surface area contributed by atoms with Crippen LogP contribution in [0.1, 0.15) is 64.7 Å². The molecule has 0 saturated heterocycles. The minimum absolute atomic E-state index is 1.20. The van der Waals surface area contributed by atoms with Crippen LogP contribution >= 0.6 is 0 Å². The molecule has 0 N–H and O–H groups in total. The molecule has 1 nitrogen and oxygen atoms in total. The third kappa shape index (κ3) is 29.2. The predicted molar refractivity (Wildman–Crippen MR) is 75.8 cm³/mol. The Morgan fingerprint density at radius 3 is 1.56 bits per heavy atom. The summed E-state index contributed by atoms with van der Waals surface area (Å²) in [5.41, 5.74) is 0.